The number of rotatable bonds is 6. The third-order valence-electron chi connectivity index (χ3n) is 5.19. The highest BCUT2D eigenvalue weighted by atomic mass is 32.2. The zero-order chi connectivity index (χ0) is 23.7. The van der Waals surface area contributed by atoms with Gasteiger partial charge in [-0.2, -0.15) is 0 Å². The van der Waals surface area contributed by atoms with Gasteiger partial charge >= 0.3 is 5.97 Å². The average molecular weight is 510 g/mol. The van der Waals surface area contributed by atoms with Crippen LogP contribution in [0.3, 0.4) is 0 Å². The van der Waals surface area contributed by atoms with Gasteiger partial charge in [-0.3, -0.25) is 9.59 Å². The highest BCUT2D eigenvalue weighted by molar-refractivity contribution is 8.26. The number of carboxylic acids is 1. The van der Waals surface area contributed by atoms with E-state index in [9.17, 15) is 28.3 Å². The summed E-state index contributed by atoms with van der Waals surface area (Å²) in [4.78, 5) is 38.8. The van der Waals surface area contributed by atoms with Crippen LogP contribution >= 0.6 is 35.3 Å². The van der Waals surface area contributed by atoms with Crippen molar-refractivity contribution in [3.63, 3.8) is 0 Å². The van der Waals surface area contributed by atoms with Crippen LogP contribution in [0.15, 0.2) is 34.6 Å². The van der Waals surface area contributed by atoms with Gasteiger partial charge in [0, 0.05) is 11.4 Å². The van der Waals surface area contributed by atoms with E-state index in [1.54, 1.807) is 17.5 Å². The number of thiophene rings is 1. The lowest BCUT2D eigenvalue weighted by molar-refractivity contribution is -0.148. The van der Waals surface area contributed by atoms with Gasteiger partial charge in [0.1, 0.15) is 6.04 Å². The molecule has 172 valence electrons. The Balaban J connectivity index is 1.42. The predicted molar refractivity (Wildman–Crippen MR) is 125 cm³/mol. The van der Waals surface area contributed by atoms with Crippen LogP contribution in [0.5, 0.6) is 0 Å². The standard InChI is InChI=1S/C21H17F2N3O4S3/c22-14-4-3-11(7-15(14)23)12-6-13(32-10-12)8-17-19(28)26(21(31)33-17)24-9-18(27)25-5-1-2-16(25)20(29)30/h3-4,6-8,10,16,24H,1-2,5,9H2,(H,29,30)/t16-/m0/s1. The number of thioether (sulfide) groups is 1. The van der Waals surface area contributed by atoms with Crippen molar-refractivity contribution < 1.29 is 28.3 Å². The molecule has 4 rings (SSSR count). The molecule has 12 heteroatoms. The Labute approximate surface area is 201 Å². The second-order valence-corrected chi connectivity index (χ2v) is 9.92. The van der Waals surface area contributed by atoms with Crippen molar-refractivity contribution in [3.05, 3.63) is 51.1 Å². The maximum atomic E-state index is 13.5. The number of halogens is 2. The smallest absolute Gasteiger partial charge is 0.326 e. The van der Waals surface area contributed by atoms with Crippen molar-refractivity contribution in [2.75, 3.05) is 13.1 Å². The quantitative estimate of drug-likeness (QED) is 0.455. The molecule has 0 saturated carbocycles. The molecular weight excluding hydrogens is 492 g/mol. The molecule has 1 atom stereocenters. The maximum Gasteiger partial charge on any atom is 0.326 e. The first-order chi connectivity index (χ1) is 15.7. The lowest BCUT2D eigenvalue weighted by Crippen LogP contribution is -2.49. The minimum atomic E-state index is -1.05. The second kappa shape index (κ2) is 9.67. The van der Waals surface area contributed by atoms with Gasteiger partial charge in [-0.15, -0.1) is 11.3 Å². The number of hydrogen-bond acceptors (Lipinski definition) is 7. The molecule has 2 saturated heterocycles. The summed E-state index contributed by atoms with van der Waals surface area (Å²) in [6, 6.07) is 4.53. The van der Waals surface area contributed by atoms with Crippen LogP contribution < -0.4 is 5.43 Å². The number of thiocarbonyl (C=S) groups is 1. The monoisotopic (exact) mass is 509 g/mol. The molecule has 2 amide bonds. The van der Waals surface area contributed by atoms with Crippen LogP contribution in [0.25, 0.3) is 17.2 Å². The number of hydrogen-bond donors (Lipinski definition) is 2. The third-order valence-corrected chi connectivity index (χ3v) is 7.37. The number of likely N-dealkylation sites (tertiary alicyclic amines) is 1. The van der Waals surface area contributed by atoms with Crippen molar-refractivity contribution in [1.82, 2.24) is 15.3 Å². The minimum Gasteiger partial charge on any atom is -0.480 e. The third kappa shape index (κ3) is 4.98. The molecular formula is C21H17F2N3O4S3. The lowest BCUT2D eigenvalue weighted by atomic mass is 10.1. The van der Waals surface area contributed by atoms with Gasteiger partial charge in [0.2, 0.25) is 5.91 Å². The van der Waals surface area contributed by atoms with Crippen molar-refractivity contribution in [2.24, 2.45) is 0 Å². The number of benzene rings is 1. The van der Waals surface area contributed by atoms with Gasteiger partial charge < -0.3 is 10.0 Å². The average Bonchev–Trinajstić information content (AvgIpc) is 3.49. The summed E-state index contributed by atoms with van der Waals surface area (Å²) >= 11 is 7.63. The number of nitrogens with zero attached hydrogens (tertiary/aromatic N) is 2. The van der Waals surface area contributed by atoms with Gasteiger partial charge in [0.15, 0.2) is 16.0 Å². The zero-order valence-electron chi connectivity index (χ0n) is 16.9. The molecule has 3 heterocycles. The first-order valence-electron chi connectivity index (χ1n) is 9.82. The normalized spacial score (nSPS) is 19.7. The number of hydrazine groups is 1. The first kappa shape index (κ1) is 23.5. The molecule has 1 aromatic carbocycles. The lowest BCUT2D eigenvalue weighted by Gasteiger charge is -2.23. The molecule has 2 N–H and O–H groups in total. The molecule has 2 aromatic rings. The van der Waals surface area contributed by atoms with Crippen LogP contribution in [0.4, 0.5) is 8.78 Å². The van der Waals surface area contributed by atoms with Crippen LogP contribution in [-0.4, -0.2) is 56.3 Å². The van der Waals surface area contributed by atoms with Crippen LogP contribution in [0.2, 0.25) is 0 Å². The summed E-state index contributed by atoms with van der Waals surface area (Å²) in [6.07, 6.45) is 2.65. The Morgan fingerprint density at radius 1 is 1.24 bits per heavy atom. The summed E-state index contributed by atoms with van der Waals surface area (Å²) in [5, 5.41) is 12.1. The minimum absolute atomic E-state index is 0.215. The number of carboxylic acid groups (broad SMARTS) is 1. The van der Waals surface area contributed by atoms with Crippen molar-refractivity contribution in [3.8, 4) is 11.1 Å². The number of aliphatic carboxylic acids is 1. The number of carbonyl (C=O) groups excluding carboxylic acids is 2. The topological polar surface area (TPSA) is 89.9 Å². The first-order valence-corrected chi connectivity index (χ1v) is 11.9. The van der Waals surface area contributed by atoms with E-state index in [0.29, 0.717) is 40.3 Å². The fraction of sp³-hybridized carbons (Fsp3) is 0.238. The molecule has 0 bridgehead atoms. The molecule has 7 nitrogen and oxygen atoms in total. The number of amides is 2. The summed E-state index contributed by atoms with van der Waals surface area (Å²) in [7, 11) is 0. The van der Waals surface area contributed by atoms with Gasteiger partial charge in [0.25, 0.3) is 5.91 Å². The van der Waals surface area contributed by atoms with Crippen molar-refractivity contribution in [1.29, 1.82) is 0 Å². The summed E-state index contributed by atoms with van der Waals surface area (Å²) < 4.78 is 26.9. The Kier molecular flexibility index (Phi) is 6.88. The SMILES string of the molecule is O=C(O)[C@@H]1CCCN1C(=O)CNN1C(=O)C(=Cc2cc(-c3ccc(F)c(F)c3)cs2)SC1=S. The molecule has 2 aliphatic heterocycles. The summed E-state index contributed by atoms with van der Waals surface area (Å²) in [6.45, 7) is 0.0945. The number of carbonyl (C=O) groups is 3. The van der Waals surface area contributed by atoms with Crippen LogP contribution in [0, 0.1) is 11.6 Å². The maximum absolute atomic E-state index is 13.5. The predicted octanol–water partition coefficient (Wildman–Crippen LogP) is 3.47. The van der Waals surface area contributed by atoms with Gasteiger partial charge in [-0.25, -0.2) is 24.0 Å². The van der Waals surface area contributed by atoms with Crippen LogP contribution in [-0.2, 0) is 14.4 Å². The Hall–Kier alpha value is -2.67. The molecule has 0 unspecified atom stereocenters. The van der Waals surface area contributed by atoms with Crippen LogP contribution in [0.1, 0.15) is 17.7 Å². The summed E-state index contributed by atoms with van der Waals surface area (Å²) in [5.74, 6) is -3.77. The van der Waals surface area contributed by atoms with Crippen molar-refractivity contribution in [2.45, 2.75) is 18.9 Å². The zero-order valence-corrected chi connectivity index (χ0v) is 19.4. The molecule has 0 aliphatic carbocycles. The fourth-order valence-electron chi connectivity index (χ4n) is 3.56. The molecule has 2 aliphatic rings. The second-order valence-electron chi connectivity index (χ2n) is 7.30. The molecule has 0 spiro atoms. The van der Waals surface area contributed by atoms with Gasteiger partial charge in [-0.1, -0.05) is 30.0 Å². The Morgan fingerprint density at radius 3 is 2.76 bits per heavy atom. The van der Waals surface area contributed by atoms with Gasteiger partial charge in [-0.05, 0) is 53.6 Å². The highest BCUT2D eigenvalue weighted by Gasteiger charge is 2.36. The molecule has 0 radical (unpaired) electrons. The largest absolute Gasteiger partial charge is 0.480 e. The van der Waals surface area contributed by atoms with E-state index in [0.717, 1.165) is 28.9 Å². The van der Waals surface area contributed by atoms with Gasteiger partial charge in [0.05, 0.1) is 11.4 Å². The van der Waals surface area contributed by atoms with E-state index in [2.05, 4.69) is 5.43 Å². The molecule has 2 fully saturated rings. The summed E-state index contributed by atoms with van der Waals surface area (Å²) in [5.41, 5.74) is 3.89. The van der Waals surface area contributed by atoms with E-state index >= 15 is 0 Å². The highest BCUT2D eigenvalue weighted by Crippen LogP contribution is 2.34. The molecule has 1 aromatic heterocycles. The van der Waals surface area contributed by atoms with Crippen molar-refractivity contribution >= 4 is 63.5 Å². The Morgan fingerprint density at radius 2 is 2.03 bits per heavy atom. The van der Waals surface area contributed by atoms with E-state index in [1.165, 1.54) is 22.3 Å². The van der Waals surface area contributed by atoms with E-state index in [1.807, 2.05) is 0 Å². The number of nitrogens with one attached hydrogen (secondary N) is 1. The van der Waals surface area contributed by atoms with E-state index in [4.69, 9.17) is 12.2 Å². The molecule has 33 heavy (non-hydrogen) atoms. The Bertz CT molecular complexity index is 1180. The van der Waals surface area contributed by atoms with E-state index < -0.39 is 35.5 Å². The fourth-order valence-corrected chi connectivity index (χ4v) is 5.69. The van der Waals surface area contributed by atoms with E-state index in [-0.39, 0.29) is 10.9 Å².